The van der Waals surface area contributed by atoms with Crippen molar-refractivity contribution in [2.45, 2.75) is 25.7 Å². The highest BCUT2D eigenvalue weighted by molar-refractivity contribution is 6.47. The zero-order chi connectivity index (χ0) is 9.97. The molecule has 0 aliphatic heterocycles. The van der Waals surface area contributed by atoms with Crippen LogP contribution in [0.5, 0.6) is 0 Å². The van der Waals surface area contributed by atoms with Gasteiger partial charge in [-0.15, -0.1) is 0 Å². The molecule has 0 heterocycles. The second kappa shape index (κ2) is 3.95. The number of rotatable bonds is 0. The molecule has 2 atom stereocenters. The molecular weight excluding hydrogens is 176 g/mol. The van der Waals surface area contributed by atoms with Crippen LogP contribution in [0, 0.1) is 11.8 Å². The van der Waals surface area contributed by atoms with Gasteiger partial charge in [0.25, 0.3) is 0 Å². The van der Waals surface area contributed by atoms with Crippen LogP contribution in [0.4, 0.5) is 0 Å². The Morgan fingerprint density at radius 1 is 1.36 bits per heavy atom. The van der Waals surface area contributed by atoms with E-state index >= 15 is 0 Å². The molecule has 0 radical (unpaired) electrons. The Balaban J connectivity index is 2.32. The first-order valence-electron chi connectivity index (χ1n) is 5.24. The summed E-state index contributed by atoms with van der Waals surface area (Å²) < 4.78 is 0. The monoisotopic (exact) mass is 192 g/mol. The van der Waals surface area contributed by atoms with Crippen LogP contribution >= 0.6 is 0 Å². The minimum absolute atomic E-state index is 0.490. The summed E-state index contributed by atoms with van der Waals surface area (Å²) in [6.07, 6.45) is 9.09. The van der Waals surface area contributed by atoms with E-state index in [0.717, 1.165) is 5.71 Å². The molecule has 2 aliphatic carbocycles. The first-order valence-corrected chi connectivity index (χ1v) is 5.24. The van der Waals surface area contributed by atoms with E-state index in [2.05, 4.69) is 16.2 Å². The molecule has 0 spiro atoms. The number of hydrogen-bond donors (Lipinski definition) is 1. The molecule has 0 saturated heterocycles. The Morgan fingerprint density at radius 3 is 2.86 bits per heavy atom. The molecule has 14 heavy (non-hydrogen) atoms. The van der Waals surface area contributed by atoms with Crippen molar-refractivity contribution in [3.8, 4) is 0 Å². The largest absolute Gasteiger partial charge is 0.410 e. The number of fused-ring (bicyclic) bond motifs is 1. The van der Waals surface area contributed by atoms with E-state index in [-0.39, 0.29) is 0 Å². The molecule has 0 bridgehead atoms. The average molecular weight is 192 g/mol. The fourth-order valence-electron chi connectivity index (χ4n) is 2.58. The highest BCUT2D eigenvalue weighted by Gasteiger charge is 2.32. The van der Waals surface area contributed by atoms with E-state index in [1.807, 2.05) is 6.08 Å². The van der Waals surface area contributed by atoms with E-state index < -0.39 is 0 Å². The standard InChI is InChI=1S/C11H16N2O/c1-12-11-9-5-3-2-4-8(9)6-7-10(11)13-14/h6-9,14H,2-5H2,1H3/b12-11?,13-10-/t8-,9-/m1/s1. The summed E-state index contributed by atoms with van der Waals surface area (Å²) >= 11 is 0. The second-order valence-corrected chi connectivity index (χ2v) is 4.01. The van der Waals surface area contributed by atoms with Gasteiger partial charge in [-0.2, -0.15) is 0 Å². The van der Waals surface area contributed by atoms with Crippen molar-refractivity contribution in [3.05, 3.63) is 12.2 Å². The van der Waals surface area contributed by atoms with Crippen molar-refractivity contribution >= 4 is 11.4 Å². The molecule has 0 amide bonds. The van der Waals surface area contributed by atoms with Gasteiger partial charge in [0.05, 0.1) is 5.71 Å². The molecule has 0 unspecified atom stereocenters. The van der Waals surface area contributed by atoms with Gasteiger partial charge in [0.2, 0.25) is 0 Å². The van der Waals surface area contributed by atoms with Gasteiger partial charge in [0.1, 0.15) is 5.71 Å². The van der Waals surface area contributed by atoms with Gasteiger partial charge in [-0.25, -0.2) is 0 Å². The third-order valence-corrected chi connectivity index (χ3v) is 3.28. The van der Waals surface area contributed by atoms with Crippen molar-refractivity contribution < 1.29 is 5.21 Å². The van der Waals surface area contributed by atoms with Crippen molar-refractivity contribution in [3.63, 3.8) is 0 Å². The molecule has 0 aromatic rings. The Morgan fingerprint density at radius 2 is 2.14 bits per heavy atom. The van der Waals surface area contributed by atoms with Crippen LogP contribution in [0.3, 0.4) is 0 Å². The second-order valence-electron chi connectivity index (χ2n) is 4.01. The maximum atomic E-state index is 8.84. The third-order valence-electron chi connectivity index (χ3n) is 3.28. The van der Waals surface area contributed by atoms with Crippen molar-refractivity contribution in [1.82, 2.24) is 0 Å². The number of allylic oxidation sites excluding steroid dienone is 2. The van der Waals surface area contributed by atoms with Crippen LogP contribution in [0.25, 0.3) is 0 Å². The molecule has 0 aromatic heterocycles. The third kappa shape index (κ3) is 1.47. The van der Waals surface area contributed by atoms with E-state index in [0.29, 0.717) is 17.5 Å². The lowest BCUT2D eigenvalue weighted by Gasteiger charge is -2.33. The SMILES string of the molecule is CN=C1/C(=N\O)C=C[C@H]2CCCC[C@@H]12. The topological polar surface area (TPSA) is 45.0 Å². The Labute approximate surface area is 84.2 Å². The highest BCUT2D eigenvalue weighted by Crippen LogP contribution is 2.34. The summed E-state index contributed by atoms with van der Waals surface area (Å²) in [7, 11) is 1.78. The lowest BCUT2D eigenvalue weighted by Crippen LogP contribution is -2.34. The van der Waals surface area contributed by atoms with Gasteiger partial charge >= 0.3 is 0 Å². The maximum Gasteiger partial charge on any atom is 0.123 e. The van der Waals surface area contributed by atoms with Crippen LogP contribution < -0.4 is 0 Å². The van der Waals surface area contributed by atoms with Gasteiger partial charge in [0, 0.05) is 13.0 Å². The van der Waals surface area contributed by atoms with Crippen LogP contribution in [0.1, 0.15) is 25.7 Å². The fourth-order valence-corrected chi connectivity index (χ4v) is 2.58. The predicted molar refractivity (Wildman–Crippen MR) is 57.2 cm³/mol. The maximum absolute atomic E-state index is 8.84. The Kier molecular flexibility index (Phi) is 2.66. The van der Waals surface area contributed by atoms with Gasteiger partial charge in [0.15, 0.2) is 0 Å². The van der Waals surface area contributed by atoms with E-state index in [1.54, 1.807) is 7.05 Å². The van der Waals surface area contributed by atoms with Crippen molar-refractivity contribution in [2.24, 2.45) is 22.0 Å². The normalized spacial score (nSPS) is 37.5. The van der Waals surface area contributed by atoms with Gasteiger partial charge in [-0.3, -0.25) is 4.99 Å². The molecular formula is C11H16N2O. The molecule has 76 valence electrons. The van der Waals surface area contributed by atoms with Gasteiger partial charge in [-0.05, 0) is 24.8 Å². The summed E-state index contributed by atoms with van der Waals surface area (Å²) in [4.78, 5) is 4.26. The average Bonchev–Trinajstić information content (AvgIpc) is 2.27. The molecule has 3 nitrogen and oxygen atoms in total. The van der Waals surface area contributed by atoms with E-state index in [9.17, 15) is 0 Å². The van der Waals surface area contributed by atoms with Crippen molar-refractivity contribution in [2.75, 3.05) is 7.05 Å². The highest BCUT2D eigenvalue weighted by atomic mass is 16.4. The van der Waals surface area contributed by atoms with E-state index in [4.69, 9.17) is 5.21 Å². The summed E-state index contributed by atoms with van der Waals surface area (Å²) in [6.45, 7) is 0. The summed E-state index contributed by atoms with van der Waals surface area (Å²) in [6, 6.07) is 0. The summed E-state index contributed by atoms with van der Waals surface area (Å²) in [5.74, 6) is 1.11. The molecule has 1 saturated carbocycles. The fraction of sp³-hybridized carbons (Fsp3) is 0.636. The zero-order valence-corrected chi connectivity index (χ0v) is 8.48. The summed E-state index contributed by atoms with van der Waals surface area (Å²) in [5.41, 5.74) is 1.63. The van der Waals surface area contributed by atoms with Crippen LogP contribution in [-0.4, -0.2) is 23.7 Å². The first kappa shape index (κ1) is 9.44. The molecule has 1 fully saturated rings. The predicted octanol–water partition coefficient (Wildman–Crippen LogP) is 2.26. The number of hydrogen-bond acceptors (Lipinski definition) is 3. The smallest absolute Gasteiger partial charge is 0.123 e. The molecule has 2 rings (SSSR count). The summed E-state index contributed by atoms with van der Waals surface area (Å²) in [5, 5.41) is 12.1. The molecule has 2 aliphatic rings. The lowest BCUT2D eigenvalue weighted by atomic mass is 9.72. The minimum Gasteiger partial charge on any atom is -0.410 e. The lowest BCUT2D eigenvalue weighted by molar-refractivity contribution is 0.317. The Hall–Kier alpha value is -1.12. The van der Waals surface area contributed by atoms with E-state index in [1.165, 1.54) is 25.7 Å². The van der Waals surface area contributed by atoms with Gasteiger partial charge in [-0.1, -0.05) is 24.1 Å². The zero-order valence-electron chi connectivity index (χ0n) is 8.48. The molecule has 0 aromatic carbocycles. The van der Waals surface area contributed by atoms with Crippen LogP contribution in [0.15, 0.2) is 22.3 Å². The van der Waals surface area contributed by atoms with Crippen molar-refractivity contribution in [1.29, 1.82) is 0 Å². The van der Waals surface area contributed by atoms with Crippen LogP contribution in [0.2, 0.25) is 0 Å². The number of oxime groups is 1. The van der Waals surface area contributed by atoms with Gasteiger partial charge < -0.3 is 5.21 Å². The Bertz CT molecular complexity index is 304. The number of nitrogens with zero attached hydrogens (tertiary/aromatic N) is 2. The minimum atomic E-state index is 0.490. The number of aliphatic imine (C=N–C) groups is 1. The molecule has 1 N–H and O–H groups in total. The molecule has 3 heteroatoms. The van der Waals surface area contributed by atoms with Crippen LogP contribution in [-0.2, 0) is 0 Å². The quantitative estimate of drug-likeness (QED) is 0.464. The first-order chi connectivity index (χ1) is 6.86.